The monoisotopic (exact) mass is 296 g/mol. The zero-order valence-electron chi connectivity index (χ0n) is 12.8. The fourth-order valence-corrected chi connectivity index (χ4v) is 2.98. The molecule has 20 heavy (non-hydrogen) atoms. The van der Waals surface area contributed by atoms with E-state index in [1.807, 2.05) is 13.8 Å². The van der Waals surface area contributed by atoms with Crippen LogP contribution in [-0.4, -0.2) is 42.0 Å². The van der Waals surface area contributed by atoms with Crippen molar-refractivity contribution in [2.24, 2.45) is 0 Å². The number of nitrogens with zero attached hydrogens (tertiary/aromatic N) is 3. The highest BCUT2D eigenvalue weighted by Crippen LogP contribution is 2.29. The van der Waals surface area contributed by atoms with Crippen LogP contribution in [-0.2, 0) is 0 Å². The summed E-state index contributed by atoms with van der Waals surface area (Å²) < 4.78 is 0. The van der Waals surface area contributed by atoms with Gasteiger partial charge in [0.2, 0.25) is 0 Å². The molecule has 0 atom stereocenters. The molecule has 112 valence electrons. The first-order valence-corrected chi connectivity index (χ1v) is 7.71. The fourth-order valence-electron chi connectivity index (χ4n) is 1.90. The number of nitrogen functional groups attached to an aromatic ring is 1. The highest BCUT2D eigenvalue weighted by Gasteiger charge is 2.22. The van der Waals surface area contributed by atoms with Crippen molar-refractivity contribution >= 4 is 28.2 Å². The largest absolute Gasteiger partial charge is 0.382 e. The summed E-state index contributed by atoms with van der Waals surface area (Å²) in [5.41, 5.74) is 6.87. The average molecular weight is 296 g/mol. The minimum Gasteiger partial charge on any atom is -0.382 e. The second-order valence-electron chi connectivity index (χ2n) is 4.66. The summed E-state index contributed by atoms with van der Waals surface area (Å²) in [4.78, 5) is 21.2. The third-order valence-corrected chi connectivity index (χ3v) is 4.12. The maximum atomic E-state index is 12.5. The van der Waals surface area contributed by atoms with Crippen LogP contribution >= 0.6 is 11.3 Å². The molecule has 2 N–H and O–H groups in total. The zero-order chi connectivity index (χ0) is 15.3. The van der Waals surface area contributed by atoms with Crippen molar-refractivity contribution in [1.82, 2.24) is 9.88 Å². The Labute approximate surface area is 125 Å². The van der Waals surface area contributed by atoms with Crippen LogP contribution in [0, 0.1) is 0 Å². The number of amides is 1. The van der Waals surface area contributed by atoms with Gasteiger partial charge in [-0.05, 0) is 27.7 Å². The summed E-state index contributed by atoms with van der Waals surface area (Å²) in [7, 11) is 0. The number of carbonyl (C=O) groups excluding carboxylic acids is 1. The number of likely N-dealkylation sites (N-methyl/N-ethyl adjacent to an activating group) is 1. The highest BCUT2D eigenvalue weighted by molar-refractivity contribution is 7.18. The van der Waals surface area contributed by atoms with Crippen molar-refractivity contribution in [3.8, 4) is 0 Å². The lowest BCUT2D eigenvalue weighted by Crippen LogP contribution is -2.32. The highest BCUT2D eigenvalue weighted by atomic mass is 32.1. The van der Waals surface area contributed by atoms with Crippen LogP contribution in [0.2, 0.25) is 0 Å². The Morgan fingerprint density at radius 3 is 2.35 bits per heavy atom. The second-order valence-corrected chi connectivity index (χ2v) is 5.64. The zero-order valence-corrected chi connectivity index (χ0v) is 13.6. The molecular weight excluding hydrogens is 272 g/mol. The van der Waals surface area contributed by atoms with Crippen LogP contribution in [0.4, 0.5) is 10.9 Å². The van der Waals surface area contributed by atoms with Gasteiger partial charge in [0.15, 0.2) is 5.13 Å². The first kappa shape index (κ1) is 16.5. The molecule has 0 aliphatic heterocycles. The van der Waals surface area contributed by atoms with E-state index < -0.39 is 0 Å². The van der Waals surface area contributed by atoms with E-state index in [0.29, 0.717) is 23.8 Å². The summed E-state index contributed by atoms with van der Waals surface area (Å²) in [6.45, 7) is 14.7. The minimum absolute atomic E-state index is 0.0658. The van der Waals surface area contributed by atoms with Crippen LogP contribution < -0.4 is 10.6 Å². The minimum atomic E-state index is -0.0658. The van der Waals surface area contributed by atoms with Crippen molar-refractivity contribution in [3.63, 3.8) is 0 Å². The summed E-state index contributed by atoms with van der Waals surface area (Å²) in [5.74, 6) is 0.256. The Kier molecular flexibility index (Phi) is 6.01. The van der Waals surface area contributed by atoms with Gasteiger partial charge in [0.05, 0.1) is 0 Å². The summed E-state index contributed by atoms with van der Waals surface area (Å²) >= 11 is 1.36. The van der Waals surface area contributed by atoms with Crippen molar-refractivity contribution < 1.29 is 4.79 Å². The lowest BCUT2D eigenvalue weighted by Gasteiger charge is -2.20. The van der Waals surface area contributed by atoms with E-state index in [4.69, 9.17) is 5.73 Å². The van der Waals surface area contributed by atoms with Gasteiger partial charge in [-0.15, -0.1) is 0 Å². The first-order valence-electron chi connectivity index (χ1n) is 6.89. The van der Waals surface area contributed by atoms with Crippen molar-refractivity contribution in [1.29, 1.82) is 0 Å². The summed E-state index contributed by atoms with van der Waals surface area (Å²) in [6.07, 6.45) is 0. The van der Waals surface area contributed by atoms with Crippen LogP contribution in [0.3, 0.4) is 0 Å². The summed E-state index contributed by atoms with van der Waals surface area (Å²) in [6, 6.07) is 0. The SMILES string of the molecule is C=C(C)CN(CC)C(=O)c1sc(N(CC)CC)nc1N. The number of thiazole rings is 1. The van der Waals surface area contributed by atoms with E-state index in [-0.39, 0.29) is 5.91 Å². The fraction of sp³-hybridized carbons (Fsp3) is 0.571. The Balaban J connectivity index is 3.01. The average Bonchev–Trinajstić information content (AvgIpc) is 2.78. The normalized spacial score (nSPS) is 10.4. The van der Waals surface area contributed by atoms with Gasteiger partial charge in [-0.2, -0.15) is 0 Å². The van der Waals surface area contributed by atoms with Gasteiger partial charge in [0.25, 0.3) is 5.91 Å². The Morgan fingerprint density at radius 2 is 1.90 bits per heavy atom. The van der Waals surface area contributed by atoms with Crippen molar-refractivity contribution in [2.45, 2.75) is 27.7 Å². The van der Waals surface area contributed by atoms with Gasteiger partial charge in [-0.1, -0.05) is 23.5 Å². The number of carbonyl (C=O) groups is 1. The number of hydrogen-bond donors (Lipinski definition) is 1. The quantitative estimate of drug-likeness (QED) is 0.786. The van der Waals surface area contributed by atoms with Gasteiger partial charge >= 0.3 is 0 Å². The molecule has 0 bridgehead atoms. The van der Waals surface area contributed by atoms with E-state index in [1.165, 1.54) is 11.3 Å². The first-order chi connectivity index (χ1) is 9.44. The molecule has 0 aliphatic carbocycles. The molecule has 6 heteroatoms. The predicted octanol–water partition coefficient (Wildman–Crippen LogP) is 2.61. The molecule has 1 aromatic heterocycles. The molecule has 0 saturated carbocycles. The van der Waals surface area contributed by atoms with Gasteiger partial charge in [-0.3, -0.25) is 4.79 Å². The molecule has 0 spiro atoms. The lowest BCUT2D eigenvalue weighted by atomic mass is 10.3. The number of nitrogens with two attached hydrogens (primary N) is 1. The standard InChI is InChI=1S/C14H24N4OS/c1-6-17(7-2)14-16-12(15)11(20-14)13(19)18(8-3)9-10(4)5/h4,6-9,15H2,1-3,5H3. The molecule has 5 nitrogen and oxygen atoms in total. The molecule has 1 rings (SSSR count). The van der Waals surface area contributed by atoms with Crippen LogP contribution in [0.25, 0.3) is 0 Å². The maximum Gasteiger partial charge on any atom is 0.268 e. The van der Waals surface area contributed by atoms with Gasteiger partial charge in [-0.25, -0.2) is 4.98 Å². The van der Waals surface area contributed by atoms with Crippen LogP contribution in [0.1, 0.15) is 37.4 Å². The van der Waals surface area contributed by atoms with Crippen LogP contribution in [0.15, 0.2) is 12.2 Å². The van der Waals surface area contributed by atoms with Gasteiger partial charge < -0.3 is 15.5 Å². The predicted molar refractivity (Wildman–Crippen MR) is 86.5 cm³/mol. The van der Waals surface area contributed by atoms with E-state index in [1.54, 1.807) is 4.90 Å². The van der Waals surface area contributed by atoms with Crippen LogP contribution in [0.5, 0.6) is 0 Å². The number of aromatic nitrogens is 1. The van der Waals surface area contributed by atoms with E-state index in [0.717, 1.165) is 23.8 Å². The molecule has 0 unspecified atom stereocenters. The molecule has 1 amide bonds. The van der Waals surface area contributed by atoms with E-state index in [2.05, 4.69) is 30.3 Å². The number of rotatable bonds is 7. The number of anilines is 2. The number of hydrogen-bond acceptors (Lipinski definition) is 5. The van der Waals surface area contributed by atoms with Gasteiger partial charge in [0, 0.05) is 26.2 Å². The smallest absolute Gasteiger partial charge is 0.268 e. The molecule has 0 aromatic carbocycles. The van der Waals surface area contributed by atoms with Crippen molar-refractivity contribution in [2.75, 3.05) is 36.8 Å². The topological polar surface area (TPSA) is 62.5 Å². The molecule has 0 saturated heterocycles. The molecule has 0 aliphatic rings. The Bertz CT molecular complexity index is 480. The third-order valence-electron chi connectivity index (χ3n) is 3.00. The third kappa shape index (κ3) is 3.72. The van der Waals surface area contributed by atoms with Crippen molar-refractivity contribution in [3.05, 3.63) is 17.0 Å². The van der Waals surface area contributed by atoms with Gasteiger partial charge in [0.1, 0.15) is 10.7 Å². The second kappa shape index (κ2) is 7.28. The summed E-state index contributed by atoms with van der Waals surface area (Å²) in [5, 5.41) is 0.808. The maximum absolute atomic E-state index is 12.5. The van der Waals surface area contributed by atoms with E-state index >= 15 is 0 Å². The Morgan fingerprint density at radius 1 is 1.30 bits per heavy atom. The molecule has 0 fully saturated rings. The molecule has 1 heterocycles. The lowest BCUT2D eigenvalue weighted by molar-refractivity contribution is 0.0784. The molecular formula is C14H24N4OS. The Hall–Kier alpha value is -1.56. The molecule has 0 radical (unpaired) electrons. The van der Waals surface area contributed by atoms with E-state index in [9.17, 15) is 4.79 Å². The molecule has 1 aromatic rings.